The van der Waals surface area contributed by atoms with Gasteiger partial charge in [-0.1, -0.05) is 18.2 Å². The zero-order valence-electron chi connectivity index (χ0n) is 12.5. The third kappa shape index (κ3) is 3.50. The number of hydrazine groups is 1. The summed E-state index contributed by atoms with van der Waals surface area (Å²) in [4.78, 5) is 34.2. The molecule has 0 saturated carbocycles. The van der Waals surface area contributed by atoms with E-state index in [2.05, 4.69) is 26.8 Å². The van der Waals surface area contributed by atoms with Gasteiger partial charge in [-0.2, -0.15) is 0 Å². The van der Waals surface area contributed by atoms with Crippen molar-refractivity contribution in [3.05, 3.63) is 74.4 Å². The number of carbonyl (C=O) groups excluding carboxylic acids is 2. The van der Waals surface area contributed by atoms with Gasteiger partial charge in [0.2, 0.25) is 0 Å². The SMILES string of the molecule is O=C(NNC(=O)c1cc2cccc(Br)c2o1)c1cccc([N+](=O)[O-])c1. The molecule has 9 heteroatoms. The second-order valence-electron chi connectivity index (χ2n) is 4.98. The van der Waals surface area contributed by atoms with Crippen molar-refractivity contribution < 1.29 is 18.9 Å². The maximum Gasteiger partial charge on any atom is 0.305 e. The summed E-state index contributed by atoms with van der Waals surface area (Å²) < 4.78 is 6.15. The first kappa shape index (κ1) is 16.7. The van der Waals surface area contributed by atoms with Crippen LogP contribution in [0.3, 0.4) is 0 Å². The minimum atomic E-state index is -0.686. The molecule has 0 fully saturated rings. The normalized spacial score (nSPS) is 10.4. The van der Waals surface area contributed by atoms with E-state index in [1.54, 1.807) is 18.2 Å². The van der Waals surface area contributed by atoms with Crippen LogP contribution in [0.15, 0.2) is 57.4 Å². The standard InChI is InChI=1S/C16H10BrN3O5/c17-12-6-2-3-9-8-13(25-14(9)12)16(22)19-18-15(21)10-4-1-5-11(7-10)20(23)24/h1-8H,(H,18,21)(H,19,22). The van der Waals surface area contributed by atoms with Crippen LogP contribution in [0.2, 0.25) is 0 Å². The van der Waals surface area contributed by atoms with E-state index in [1.807, 2.05) is 0 Å². The highest BCUT2D eigenvalue weighted by Gasteiger charge is 2.16. The quantitative estimate of drug-likeness (QED) is 0.514. The number of rotatable bonds is 3. The van der Waals surface area contributed by atoms with Gasteiger partial charge in [-0.25, -0.2) is 0 Å². The van der Waals surface area contributed by atoms with E-state index in [9.17, 15) is 19.7 Å². The number of nitrogens with one attached hydrogen (secondary N) is 2. The fraction of sp³-hybridized carbons (Fsp3) is 0. The summed E-state index contributed by atoms with van der Waals surface area (Å²) in [6.07, 6.45) is 0. The Balaban J connectivity index is 1.71. The Kier molecular flexibility index (Phi) is 4.48. The van der Waals surface area contributed by atoms with Crippen LogP contribution in [-0.4, -0.2) is 16.7 Å². The van der Waals surface area contributed by atoms with Crippen LogP contribution in [0.1, 0.15) is 20.9 Å². The van der Waals surface area contributed by atoms with E-state index in [0.29, 0.717) is 10.1 Å². The van der Waals surface area contributed by atoms with Crippen molar-refractivity contribution in [1.82, 2.24) is 10.9 Å². The van der Waals surface area contributed by atoms with Crippen LogP contribution >= 0.6 is 15.9 Å². The molecule has 0 atom stereocenters. The maximum absolute atomic E-state index is 12.1. The number of fused-ring (bicyclic) bond motifs is 1. The number of para-hydroxylation sites is 1. The second-order valence-corrected chi connectivity index (χ2v) is 5.84. The summed E-state index contributed by atoms with van der Waals surface area (Å²) >= 11 is 3.32. The molecule has 0 unspecified atom stereocenters. The lowest BCUT2D eigenvalue weighted by molar-refractivity contribution is -0.384. The first-order valence-electron chi connectivity index (χ1n) is 6.99. The number of nitro groups is 1. The molecule has 3 aromatic rings. The van der Waals surface area contributed by atoms with Gasteiger partial charge < -0.3 is 4.42 Å². The maximum atomic E-state index is 12.1. The van der Waals surface area contributed by atoms with Crippen LogP contribution in [0.25, 0.3) is 11.0 Å². The molecule has 0 bridgehead atoms. The molecule has 2 amide bonds. The van der Waals surface area contributed by atoms with Crippen molar-refractivity contribution >= 4 is 44.4 Å². The molecule has 0 radical (unpaired) electrons. The molecule has 2 N–H and O–H groups in total. The first-order valence-corrected chi connectivity index (χ1v) is 7.78. The monoisotopic (exact) mass is 403 g/mol. The number of nitro benzene ring substituents is 1. The number of furan rings is 1. The van der Waals surface area contributed by atoms with Crippen molar-refractivity contribution in [2.45, 2.75) is 0 Å². The van der Waals surface area contributed by atoms with Gasteiger partial charge in [0.25, 0.3) is 11.6 Å². The van der Waals surface area contributed by atoms with Gasteiger partial charge >= 0.3 is 5.91 Å². The van der Waals surface area contributed by atoms with Crippen LogP contribution in [-0.2, 0) is 0 Å². The van der Waals surface area contributed by atoms with E-state index in [1.165, 1.54) is 24.3 Å². The van der Waals surface area contributed by atoms with Gasteiger partial charge in [-0.3, -0.25) is 30.6 Å². The topological polar surface area (TPSA) is 114 Å². The minimum Gasteiger partial charge on any atom is -0.450 e. The molecule has 0 aliphatic rings. The third-order valence-electron chi connectivity index (χ3n) is 3.33. The smallest absolute Gasteiger partial charge is 0.305 e. The zero-order valence-corrected chi connectivity index (χ0v) is 14.1. The predicted molar refractivity (Wildman–Crippen MR) is 91.9 cm³/mol. The number of hydrogen-bond donors (Lipinski definition) is 2. The van der Waals surface area contributed by atoms with E-state index in [-0.39, 0.29) is 17.0 Å². The molecule has 0 aliphatic heterocycles. The van der Waals surface area contributed by atoms with Crippen molar-refractivity contribution in [2.24, 2.45) is 0 Å². The van der Waals surface area contributed by atoms with E-state index >= 15 is 0 Å². The number of benzene rings is 2. The van der Waals surface area contributed by atoms with E-state index in [0.717, 1.165) is 11.5 Å². The molecule has 1 heterocycles. The van der Waals surface area contributed by atoms with Gasteiger partial charge in [-0.15, -0.1) is 0 Å². The van der Waals surface area contributed by atoms with E-state index in [4.69, 9.17) is 4.42 Å². The summed E-state index contributed by atoms with van der Waals surface area (Å²) in [6.45, 7) is 0. The summed E-state index contributed by atoms with van der Waals surface area (Å²) in [5.41, 5.74) is 4.73. The first-order chi connectivity index (χ1) is 12.0. The highest BCUT2D eigenvalue weighted by atomic mass is 79.9. The number of amides is 2. The lowest BCUT2D eigenvalue weighted by Gasteiger charge is -2.05. The van der Waals surface area contributed by atoms with Crippen molar-refractivity contribution in [3.63, 3.8) is 0 Å². The molecule has 8 nitrogen and oxygen atoms in total. The number of carbonyl (C=O) groups is 2. The second kappa shape index (κ2) is 6.73. The average Bonchev–Trinajstić information content (AvgIpc) is 3.05. The summed E-state index contributed by atoms with van der Waals surface area (Å²) in [5.74, 6) is -1.32. The van der Waals surface area contributed by atoms with Crippen LogP contribution in [0.4, 0.5) is 5.69 Å². The van der Waals surface area contributed by atoms with Gasteiger partial charge in [0.05, 0.1) is 9.40 Å². The van der Waals surface area contributed by atoms with Crippen LogP contribution in [0, 0.1) is 10.1 Å². The third-order valence-corrected chi connectivity index (χ3v) is 3.95. The number of hydrogen-bond acceptors (Lipinski definition) is 5. The molecule has 2 aromatic carbocycles. The van der Waals surface area contributed by atoms with Crippen LogP contribution < -0.4 is 10.9 Å². The van der Waals surface area contributed by atoms with Gasteiger partial charge in [-0.05, 0) is 34.1 Å². The largest absolute Gasteiger partial charge is 0.450 e. The average molecular weight is 404 g/mol. The number of nitrogens with zero attached hydrogens (tertiary/aromatic N) is 1. The Labute approximate surface area is 149 Å². The molecule has 0 aliphatic carbocycles. The molecule has 1 aromatic heterocycles. The molecule has 0 saturated heterocycles. The molecule has 3 rings (SSSR count). The van der Waals surface area contributed by atoms with Gasteiger partial charge in [0.1, 0.15) is 5.58 Å². The number of non-ortho nitro benzene ring substituents is 1. The Morgan fingerprint density at radius 3 is 2.48 bits per heavy atom. The Bertz CT molecular complexity index is 998. The number of halogens is 1. The van der Waals surface area contributed by atoms with Crippen molar-refractivity contribution in [3.8, 4) is 0 Å². The van der Waals surface area contributed by atoms with Crippen molar-refractivity contribution in [1.29, 1.82) is 0 Å². The fourth-order valence-corrected chi connectivity index (χ4v) is 2.61. The highest BCUT2D eigenvalue weighted by molar-refractivity contribution is 9.10. The fourth-order valence-electron chi connectivity index (χ4n) is 2.15. The Morgan fingerprint density at radius 2 is 1.76 bits per heavy atom. The zero-order chi connectivity index (χ0) is 18.0. The molecular weight excluding hydrogens is 394 g/mol. The summed E-state index contributed by atoms with van der Waals surface area (Å²) in [7, 11) is 0. The predicted octanol–water partition coefficient (Wildman–Crippen LogP) is 3.18. The highest BCUT2D eigenvalue weighted by Crippen LogP contribution is 2.26. The summed E-state index contributed by atoms with van der Waals surface area (Å²) in [5, 5.41) is 11.5. The van der Waals surface area contributed by atoms with Gasteiger partial charge in [0, 0.05) is 23.1 Å². The molecule has 126 valence electrons. The Morgan fingerprint density at radius 1 is 1.04 bits per heavy atom. The molecular formula is C16H10BrN3O5. The van der Waals surface area contributed by atoms with Crippen molar-refractivity contribution in [2.75, 3.05) is 0 Å². The Hall–Kier alpha value is -3.20. The molecule has 25 heavy (non-hydrogen) atoms. The van der Waals surface area contributed by atoms with Crippen LogP contribution in [0.5, 0.6) is 0 Å². The summed E-state index contributed by atoms with van der Waals surface area (Å²) in [6, 6.07) is 12.0. The van der Waals surface area contributed by atoms with E-state index < -0.39 is 16.7 Å². The lowest BCUT2D eigenvalue weighted by atomic mass is 10.2. The lowest BCUT2D eigenvalue weighted by Crippen LogP contribution is -2.41. The molecule has 0 spiro atoms. The minimum absolute atomic E-state index is 0.0150. The van der Waals surface area contributed by atoms with Gasteiger partial charge in [0.15, 0.2) is 5.76 Å².